The normalized spacial score (nSPS) is 13.9. The number of ether oxygens (including phenoxy) is 1. The molecule has 0 aliphatic rings. The van der Waals surface area contributed by atoms with Crippen LogP contribution in [0.5, 0.6) is 0 Å². The van der Waals surface area contributed by atoms with Crippen LogP contribution < -0.4 is 5.32 Å². The van der Waals surface area contributed by atoms with Gasteiger partial charge in [0.05, 0.1) is 11.4 Å². The van der Waals surface area contributed by atoms with Gasteiger partial charge in [-0.15, -0.1) is 0 Å². The molecule has 122 valence electrons. The maximum absolute atomic E-state index is 11.7. The van der Waals surface area contributed by atoms with E-state index in [2.05, 4.69) is 10.3 Å². The van der Waals surface area contributed by atoms with E-state index in [9.17, 15) is 18.0 Å². The number of carboxylic acid groups (broad SMARTS) is 1. The van der Waals surface area contributed by atoms with Gasteiger partial charge in [0.2, 0.25) is 0 Å². The van der Waals surface area contributed by atoms with Crippen molar-refractivity contribution in [1.82, 2.24) is 10.3 Å². The van der Waals surface area contributed by atoms with Crippen LogP contribution in [0.4, 0.5) is 4.79 Å². The fourth-order valence-corrected chi connectivity index (χ4v) is 2.27. The van der Waals surface area contributed by atoms with Crippen LogP contribution in [-0.2, 0) is 19.4 Å². The second kappa shape index (κ2) is 7.74. The maximum Gasteiger partial charge on any atom is 0.408 e. The quantitative estimate of drug-likeness (QED) is 0.756. The van der Waals surface area contributed by atoms with Crippen molar-refractivity contribution in [2.24, 2.45) is 0 Å². The van der Waals surface area contributed by atoms with Gasteiger partial charge in [0.15, 0.2) is 0 Å². The van der Waals surface area contributed by atoms with E-state index in [4.69, 9.17) is 9.84 Å². The van der Waals surface area contributed by atoms with Gasteiger partial charge in [-0.1, -0.05) is 6.07 Å². The third-order valence-corrected chi connectivity index (χ3v) is 3.73. The van der Waals surface area contributed by atoms with Crippen LogP contribution in [0.2, 0.25) is 0 Å². The van der Waals surface area contributed by atoms with Gasteiger partial charge in [-0.3, -0.25) is 4.98 Å². The first-order valence-electron chi connectivity index (χ1n) is 6.47. The van der Waals surface area contributed by atoms with E-state index in [1.54, 1.807) is 31.3 Å². The molecule has 2 N–H and O–H groups in total. The molecule has 0 fully saturated rings. The lowest BCUT2D eigenvalue weighted by atomic mass is 10.2. The largest absolute Gasteiger partial charge is 0.480 e. The highest BCUT2D eigenvalue weighted by molar-refractivity contribution is 7.90. The third kappa shape index (κ3) is 6.53. The minimum atomic E-state index is -3.32. The number of alkyl carbamates (subject to hydrolysis) is 1. The number of hydrogen-bond donors (Lipinski definition) is 2. The van der Waals surface area contributed by atoms with Gasteiger partial charge in [0, 0.05) is 12.5 Å². The first-order valence-corrected chi connectivity index (χ1v) is 8.53. The van der Waals surface area contributed by atoms with Crippen molar-refractivity contribution in [2.45, 2.75) is 25.5 Å². The van der Waals surface area contributed by atoms with Crippen molar-refractivity contribution in [3.8, 4) is 0 Å². The zero-order chi connectivity index (χ0) is 16.8. The van der Waals surface area contributed by atoms with Crippen LogP contribution in [0.1, 0.15) is 25.1 Å². The molecule has 0 saturated carbocycles. The maximum atomic E-state index is 11.7. The zero-order valence-electron chi connectivity index (χ0n) is 12.2. The number of amides is 1. The summed E-state index contributed by atoms with van der Waals surface area (Å²) in [5, 5.41) is 11.1. The van der Waals surface area contributed by atoms with Crippen LogP contribution in [-0.4, -0.2) is 48.6 Å². The van der Waals surface area contributed by atoms with Gasteiger partial charge < -0.3 is 15.2 Å². The second-order valence-electron chi connectivity index (χ2n) is 4.76. The summed E-state index contributed by atoms with van der Waals surface area (Å²) in [6, 6.07) is 3.77. The van der Waals surface area contributed by atoms with E-state index in [0.29, 0.717) is 5.69 Å². The van der Waals surface area contributed by atoms with E-state index in [1.807, 2.05) is 0 Å². The number of rotatable bonds is 7. The predicted octanol–water partition coefficient (Wildman–Crippen LogP) is 0.757. The Morgan fingerprint density at radius 1 is 1.41 bits per heavy atom. The molecule has 8 nitrogen and oxygen atoms in total. The molecule has 1 unspecified atom stereocenters. The number of pyridine rings is 1. The van der Waals surface area contributed by atoms with E-state index in [-0.39, 0.29) is 12.2 Å². The molecule has 0 spiro atoms. The minimum Gasteiger partial charge on any atom is -0.480 e. The van der Waals surface area contributed by atoms with Crippen LogP contribution in [0.15, 0.2) is 24.4 Å². The Morgan fingerprint density at radius 3 is 2.59 bits per heavy atom. The highest BCUT2D eigenvalue weighted by Crippen LogP contribution is 2.13. The number of carbonyl (C=O) groups is 2. The Hall–Kier alpha value is -2.16. The predicted molar refractivity (Wildman–Crippen MR) is 78.0 cm³/mol. The molecule has 1 aromatic rings. The van der Waals surface area contributed by atoms with Crippen molar-refractivity contribution in [3.05, 3.63) is 30.1 Å². The van der Waals surface area contributed by atoms with Crippen LogP contribution in [0.3, 0.4) is 0 Å². The van der Waals surface area contributed by atoms with Crippen molar-refractivity contribution in [2.75, 3.05) is 12.0 Å². The summed E-state index contributed by atoms with van der Waals surface area (Å²) in [5.41, 5.74) is 0.515. The van der Waals surface area contributed by atoms with Crippen molar-refractivity contribution < 1.29 is 27.9 Å². The third-order valence-electron chi connectivity index (χ3n) is 2.76. The first kappa shape index (κ1) is 17.9. The highest BCUT2D eigenvalue weighted by Gasteiger charge is 2.23. The molecule has 0 bridgehead atoms. The highest BCUT2D eigenvalue weighted by atomic mass is 32.2. The van der Waals surface area contributed by atoms with E-state index in [0.717, 1.165) is 6.26 Å². The summed E-state index contributed by atoms with van der Waals surface area (Å²) in [6.07, 6.45) is 0.693. The number of carbonyl (C=O) groups excluding carboxylic acids is 1. The number of aromatic nitrogens is 1. The number of hydrogen-bond acceptors (Lipinski definition) is 6. The molecule has 0 radical (unpaired) electrons. The number of carboxylic acids is 1. The minimum absolute atomic E-state index is 0.235. The molecule has 22 heavy (non-hydrogen) atoms. The molecular weight excluding hydrogens is 312 g/mol. The topological polar surface area (TPSA) is 123 Å². The molecule has 1 amide bonds. The Balaban J connectivity index is 2.58. The van der Waals surface area contributed by atoms with Crippen LogP contribution >= 0.6 is 0 Å². The van der Waals surface area contributed by atoms with E-state index in [1.165, 1.54) is 0 Å². The fourth-order valence-electron chi connectivity index (χ4n) is 1.60. The van der Waals surface area contributed by atoms with Crippen molar-refractivity contribution in [3.63, 3.8) is 0 Å². The van der Waals surface area contributed by atoms with Crippen molar-refractivity contribution in [1.29, 1.82) is 0 Å². The smallest absolute Gasteiger partial charge is 0.408 e. The lowest BCUT2D eigenvalue weighted by Gasteiger charge is -2.17. The molecular formula is C13H18N2O6S. The number of aliphatic carboxylic acids is 1. The average molecular weight is 330 g/mol. The molecule has 0 aliphatic heterocycles. The fraction of sp³-hybridized carbons (Fsp3) is 0.462. The van der Waals surface area contributed by atoms with Gasteiger partial charge in [-0.05, 0) is 25.5 Å². The summed E-state index contributed by atoms with van der Waals surface area (Å²) in [5.74, 6) is -1.67. The van der Waals surface area contributed by atoms with Gasteiger partial charge >= 0.3 is 12.1 Å². The molecule has 0 aromatic carbocycles. The molecule has 0 saturated heterocycles. The summed E-state index contributed by atoms with van der Waals surface area (Å²) < 4.78 is 27.1. The van der Waals surface area contributed by atoms with Gasteiger partial charge in [-0.2, -0.15) is 0 Å². The van der Waals surface area contributed by atoms with Gasteiger partial charge in [0.1, 0.15) is 22.0 Å². The first-order chi connectivity index (χ1) is 10.2. The van der Waals surface area contributed by atoms with Gasteiger partial charge in [0.25, 0.3) is 0 Å². The van der Waals surface area contributed by atoms with E-state index >= 15 is 0 Å². The zero-order valence-corrected chi connectivity index (χ0v) is 13.0. The van der Waals surface area contributed by atoms with Gasteiger partial charge in [-0.25, -0.2) is 18.0 Å². The Bertz CT molecular complexity index is 617. The molecule has 1 rings (SSSR count). The molecule has 9 heteroatoms. The lowest BCUT2D eigenvalue weighted by Crippen LogP contribution is -2.42. The Labute approximate surface area is 128 Å². The molecule has 2 atom stereocenters. The summed E-state index contributed by atoms with van der Waals surface area (Å²) >= 11 is 0. The van der Waals surface area contributed by atoms with Crippen LogP contribution in [0, 0.1) is 0 Å². The number of nitrogens with zero attached hydrogens (tertiary/aromatic N) is 1. The molecule has 0 aliphatic carbocycles. The second-order valence-corrected chi connectivity index (χ2v) is 7.02. The molecule has 1 aromatic heterocycles. The Kier molecular flexibility index (Phi) is 6.29. The van der Waals surface area contributed by atoms with E-state index < -0.39 is 34.0 Å². The SMILES string of the molecule is CC(OC(=O)N[C@@H](CCS(C)(=O)=O)C(=O)O)c1ccccn1. The molecule has 1 heterocycles. The number of sulfone groups is 1. The summed E-state index contributed by atoms with van der Waals surface area (Å²) in [7, 11) is -3.32. The van der Waals surface area contributed by atoms with Crippen molar-refractivity contribution >= 4 is 21.9 Å². The standard InChI is InChI=1S/C13H18N2O6S/c1-9(10-5-3-4-7-14-10)21-13(18)15-11(12(16)17)6-8-22(2,19)20/h3-5,7,9,11H,6,8H2,1-2H3,(H,15,18)(H,16,17)/t9?,11-/m0/s1. The monoisotopic (exact) mass is 330 g/mol. The average Bonchev–Trinajstić information content (AvgIpc) is 2.43. The number of nitrogens with one attached hydrogen (secondary N) is 1. The van der Waals surface area contributed by atoms with Crippen LogP contribution in [0.25, 0.3) is 0 Å². The lowest BCUT2D eigenvalue weighted by molar-refractivity contribution is -0.139. The Morgan fingerprint density at radius 2 is 2.09 bits per heavy atom. The summed E-state index contributed by atoms with van der Waals surface area (Å²) in [6.45, 7) is 1.59. The summed E-state index contributed by atoms with van der Waals surface area (Å²) in [4.78, 5) is 26.7.